The Bertz CT molecular complexity index is 1080. The van der Waals surface area contributed by atoms with Gasteiger partial charge in [-0.05, 0) is 36.6 Å². The number of hydrogen-bond acceptors (Lipinski definition) is 5. The van der Waals surface area contributed by atoms with Gasteiger partial charge < -0.3 is 0 Å². The number of fused-ring (bicyclic) bond motifs is 1. The molecule has 0 aliphatic rings. The van der Waals surface area contributed by atoms with Crippen LogP contribution in [0, 0.1) is 6.92 Å². The first-order valence-electron chi connectivity index (χ1n) is 7.82. The van der Waals surface area contributed by atoms with Crippen LogP contribution < -0.4 is 10.9 Å². The van der Waals surface area contributed by atoms with E-state index in [1.165, 1.54) is 22.7 Å². The maximum atomic E-state index is 12.4. The summed E-state index contributed by atoms with van der Waals surface area (Å²) in [6.45, 7) is 1.91. The summed E-state index contributed by atoms with van der Waals surface area (Å²) in [5.41, 5.74) is 6.69. The van der Waals surface area contributed by atoms with Crippen LogP contribution in [0.2, 0.25) is 0 Å². The normalized spacial score (nSPS) is 10.8. The Balaban J connectivity index is 1.57. The third-order valence-electron chi connectivity index (χ3n) is 3.80. The van der Waals surface area contributed by atoms with Crippen molar-refractivity contribution in [3.05, 3.63) is 69.4 Å². The molecule has 3 heterocycles. The summed E-state index contributed by atoms with van der Waals surface area (Å²) in [7, 11) is 0. The Morgan fingerprint density at radius 1 is 1.00 bits per heavy atom. The molecule has 2 N–H and O–H groups in total. The summed E-state index contributed by atoms with van der Waals surface area (Å²) in [5.74, 6) is -0.684. The smallest absolute Gasteiger partial charge is 0.266 e. The maximum Gasteiger partial charge on any atom is 0.279 e. The minimum absolute atomic E-state index is 0.332. The number of benzene rings is 1. The van der Waals surface area contributed by atoms with Crippen molar-refractivity contribution in [3.63, 3.8) is 0 Å². The van der Waals surface area contributed by atoms with Crippen LogP contribution >= 0.6 is 22.7 Å². The van der Waals surface area contributed by atoms with E-state index in [1.807, 2.05) is 41.9 Å². The van der Waals surface area contributed by atoms with Crippen LogP contribution in [0.15, 0.2) is 53.9 Å². The molecule has 4 aromatic rings. The number of hydrazine groups is 1. The van der Waals surface area contributed by atoms with Crippen LogP contribution in [-0.4, -0.2) is 21.6 Å². The Hall–Kier alpha value is -2.97. The van der Waals surface area contributed by atoms with Crippen LogP contribution in [0.4, 0.5) is 0 Å². The van der Waals surface area contributed by atoms with Crippen LogP contribution in [0.25, 0.3) is 15.9 Å². The lowest BCUT2D eigenvalue weighted by atomic mass is 10.3. The standard InChI is InChI=1S/C18H14N4O2S2/c1-11-13-10-15(17(24)20-19-16(23)14-8-5-9-25-14)26-18(13)22(21-11)12-6-3-2-4-7-12/h2-10H,1H3,(H,19,23)(H,20,24). The molecule has 1 aromatic carbocycles. The predicted octanol–water partition coefficient (Wildman–Crippen LogP) is 3.53. The summed E-state index contributed by atoms with van der Waals surface area (Å²) >= 11 is 2.65. The van der Waals surface area contributed by atoms with Gasteiger partial charge >= 0.3 is 0 Å². The number of para-hydroxylation sites is 1. The average Bonchev–Trinajstić information content (AvgIpc) is 3.38. The lowest BCUT2D eigenvalue weighted by Gasteiger charge is -2.04. The van der Waals surface area contributed by atoms with Crippen molar-refractivity contribution in [1.29, 1.82) is 0 Å². The number of hydrogen-bond donors (Lipinski definition) is 2. The van der Waals surface area contributed by atoms with Crippen LogP contribution in [0.5, 0.6) is 0 Å². The Labute approximate surface area is 157 Å². The minimum atomic E-state index is -0.352. The molecule has 0 spiro atoms. The first kappa shape index (κ1) is 16.5. The maximum absolute atomic E-state index is 12.4. The third kappa shape index (κ3) is 3.00. The van der Waals surface area contributed by atoms with Crippen molar-refractivity contribution in [1.82, 2.24) is 20.6 Å². The highest BCUT2D eigenvalue weighted by Gasteiger charge is 2.17. The molecule has 0 aliphatic heterocycles. The van der Waals surface area contributed by atoms with Crippen LogP contribution in [-0.2, 0) is 0 Å². The Morgan fingerprint density at radius 2 is 1.73 bits per heavy atom. The summed E-state index contributed by atoms with van der Waals surface area (Å²) in [6, 6.07) is 15.0. The fraction of sp³-hybridized carbons (Fsp3) is 0.0556. The molecule has 0 aliphatic carbocycles. The molecule has 3 aromatic heterocycles. The van der Waals surface area contributed by atoms with Crippen molar-refractivity contribution in [3.8, 4) is 5.69 Å². The SMILES string of the molecule is Cc1nn(-c2ccccc2)c2sc(C(=O)NNC(=O)c3cccs3)cc12. The first-order valence-corrected chi connectivity index (χ1v) is 9.52. The number of thiophene rings is 2. The van der Waals surface area contributed by atoms with E-state index < -0.39 is 0 Å². The minimum Gasteiger partial charge on any atom is -0.266 e. The van der Waals surface area contributed by atoms with Gasteiger partial charge in [0, 0.05) is 5.39 Å². The van der Waals surface area contributed by atoms with Crippen LogP contribution in [0.1, 0.15) is 25.0 Å². The van der Waals surface area contributed by atoms with Crippen molar-refractivity contribution >= 4 is 44.7 Å². The van der Waals surface area contributed by atoms with E-state index in [1.54, 1.807) is 23.6 Å². The number of nitrogens with zero attached hydrogens (tertiary/aromatic N) is 2. The van der Waals surface area contributed by atoms with Crippen molar-refractivity contribution < 1.29 is 9.59 Å². The Kier molecular flexibility index (Phi) is 4.27. The van der Waals surface area contributed by atoms with Gasteiger partial charge in [-0.15, -0.1) is 22.7 Å². The van der Waals surface area contributed by atoms with Gasteiger partial charge in [0.15, 0.2) is 0 Å². The highest BCUT2D eigenvalue weighted by atomic mass is 32.1. The molecule has 0 radical (unpaired) electrons. The number of nitrogens with one attached hydrogen (secondary N) is 2. The summed E-state index contributed by atoms with van der Waals surface area (Å²) in [5, 5.41) is 7.29. The largest absolute Gasteiger partial charge is 0.279 e. The van der Waals surface area contributed by atoms with E-state index in [0.29, 0.717) is 9.75 Å². The first-order chi connectivity index (χ1) is 12.6. The molecule has 0 saturated heterocycles. The molecule has 4 rings (SSSR count). The summed E-state index contributed by atoms with van der Waals surface area (Å²) in [4.78, 5) is 26.3. The van der Waals surface area contributed by atoms with E-state index in [2.05, 4.69) is 16.0 Å². The van der Waals surface area contributed by atoms with Crippen LogP contribution in [0.3, 0.4) is 0 Å². The molecule has 2 amide bonds. The van der Waals surface area contributed by atoms with Crippen molar-refractivity contribution in [2.45, 2.75) is 6.92 Å². The number of carbonyl (C=O) groups excluding carboxylic acids is 2. The second-order valence-electron chi connectivity index (χ2n) is 5.55. The highest BCUT2D eigenvalue weighted by molar-refractivity contribution is 7.20. The number of aromatic nitrogens is 2. The number of amides is 2. The average molecular weight is 382 g/mol. The van der Waals surface area contributed by atoms with Crippen molar-refractivity contribution in [2.24, 2.45) is 0 Å². The van der Waals surface area contributed by atoms with Gasteiger partial charge in [0.05, 0.1) is 21.1 Å². The van der Waals surface area contributed by atoms with E-state index in [9.17, 15) is 9.59 Å². The topological polar surface area (TPSA) is 76.0 Å². The molecule has 0 unspecified atom stereocenters. The second-order valence-corrected chi connectivity index (χ2v) is 7.53. The molecule has 130 valence electrons. The van der Waals surface area contributed by atoms with Crippen molar-refractivity contribution in [2.75, 3.05) is 0 Å². The number of aryl methyl sites for hydroxylation is 1. The fourth-order valence-electron chi connectivity index (χ4n) is 2.55. The van der Waals surface area contributed by atoms with Gasteiger partial charge in [0.2, 0.25) is 0 Å². The van der Waals surface area contributed by atoms with Gasteiger partial charge in [-0.2, -0.15) is 5.10 Å². The zero-order chi connectivity index (χ0) is 18.1. The number of carbonyl (C=O) groups is 2. The third-order valence-corrected chi connectivity index (χ3v) is 5.78. The van der Waals surface area contributed by atoms with E-state index >= 15 is 0 Å². The lowest BCUT2D eigenvalue weighted by molar-refractivity contribution is 0.0851. The Morgan fingerprint density at radius 3 is 2.42 bits per heavy atom. The second kappa shape index (κ2) is 6.74. The molecular weight excluding hydrogens is 368 g/mol. The zero-order valence-electron chi connectivity index (χ0n) is 13.7. The molecule has 26 heavy (non-hydrogen) atoms. The van der Waals surface area contributed by atoms with Gasteiger partial charge in [-0.1, -0.05) is 24.3 Å². The molecule has 8 heteroatoms. The quantitative estimate of drug-likeness (QED) is 0.532. The molecule has 0 bridgehead atoms. The van der Waals surface area contributed by atoms with Gasteiger partial charge in [0.1, 0.15) is 4.83 Å². The molecule has 0 fully saturated rings. The monoisotopic (exact) mass is 382 g/mol. The fourth-order valence-corrected chi connectivity index (χ4v) is 4.24. The van der Waals surface area contributed by atoms with E-state index in [4.69, 9.17) is 0 Å². The van der Waals surface area contributed by atoms with Gasteiger partial charge in [0.25, 0.3) is 11.8 Å². The zero-order valence-corrected chi connectivity index (χ0v) is 15.4. The predicted molar refractivity (Wildman–Crippen MR) is 103 cm³/mol. The van der Waals surface area contributed by atoms with E-state index in [-0.39, 0.29) is 11.8 Å². The highest BCUT2D eigenvalue weighted by Crippen LogP contribution is 2.30. The van der Waals surface area contributed by atoms with Gasteiger partial charge in [-0.25, -0.2) is 4.68 Å². The number of rotatable bonds is 3. The van der Waals surface area contributed by atoms with E-state index in [0.717, 1.165) is 21.6 Å². The summed E-state index contributed by atoms with van der Waals surface area (Å²) in [6.07, 6.45) is 0. The summed E-state index contributed by atoms with van der Waals surface area (Å²) < 4.78 is 1.83. The lowest BCUT2D eigenvalue weighted by Crippen LogP contribution is -2.41. The molecule has 6 nitrogen and oxygen atoms in total. The molecule has 0 saturated carbocycles. The molecular formula is C18H14N4O2S2. The van der Waals surface area contributed by atoms with Gasteiger partial charge in [-0.3, -0.25) is 20.4 Å². The molecule has 0 atom stereocenters.